The Labute approximate surface area is 102 Å². The molecule has 0 N–H and O–H groups in total. The molecule has 0 aromatic heterocycles. The quantitative estimate of drug-likeness (QED) is 0.761. The van der Waals surface area contributed by atoms with Crippen LogP contribution in [0.15, 0.2) is 18.2 Å². The maximum Gasteiger partial charge on any atom is 0.146 e. The molecule has 0 radical (unpaired) electrons. The maximum absolute atomic E-state index is 13.7. The molecule has 1 saturated heterocycles. The molecule has 0 saturated carbocycles. The van der Waals surface area contributed by atoms with Crippen LogP contribution in [0, 0.1) is 5.82 Å². The molecule has 0 spiro atoms. The standard InChI is InChI=1S/C11H13ClFNOS/c12-8-9-1-2-11(10(13)7-9)14-3-5-16(15)6-4-14/h1-2,7H,3-6,8H2. The smallest absolute Gasteiger partial charge is 0.146 e. The van der Waals surface area contributed by atoms with Gasteiger partial charge < -0.3 is 4.90 Å². The topological polar surface area (TPSA) is 20.3 Å². The van der Waals surface area contributed by atoms with E-state index in [1.54, 1.807) is 6.07 Å². The number of rotatable bonds is 2. The monoisotopic (exact) mass is 261 g/mol. The largest absolute Gasteiger partial charge is 0.367 e. The second-order valence-corrected chi connectivity index (χ2v) is 5.72. The van der Waals surface area contributed by atoms with E-state index in [0.29, 0.717) is 36.2 Å². The Hall–Kier alpha value is -0.610. The lowest BCUT2D eigenvalue weighted by atomic mass is 10.2. The van der Waals surface area contributed by atoms with Crippen LogP contribution in [0.1, 0.15) is 5.56 Å². The molecule has 0 aliphatic carbocycles. The normalized spacial score (nSPS) is 17.8. The van der Waals surface area contributed by atoms with Gasteiger partial charge in [0.2, 0.25) is 0 Å². The van der Waals surface area contributed by atoms with E-state index in [1.807, 2.05) is 11.0 Å². The summed E-state index contributed by atoms with van der Waals surface area (Å²) < 4.78 is 24.9. The van der Waals surface area contributed by atoms with Crippen LogP contribution in [-0.4, -0.2) is 28.8 Å². The van der Waals surface area contributed by atoms with Crippen molar-refractivity contribution in [1.29, 1.82) is 0 Å². The third kappa shape index (κ3) is 2.55. The van der Waals surface area contributed by atoms with E-state index in [4.69, 9.17) is 11.6 Å². The molecule has 1 aliphatic rings. The molecule has 0 bridgehead atoms. The van der Waals surface area contributed by atoms with Crippen LogP contribution in [0.2, 0.25) is 0 Å². The van der Waals surface area contributed by atoms with E-state index in [9.17, 15) is 8.60 Å². The van der Waals surface area contributed by atoms with Crippen molar-refractivity contribution in [3.8, 4) is 0 Å². The SMILES string of the molecule is O=S1CCN(c2ccc(CCl)cc2F)CC1. The number of alkyl halides is 1. The van der Waals surface area contributed by atoms with Crippen molar-refractivity contribution in [3.05, 3.63) is 29.6 Å². The second kappa shape index (κ2) is 5.15. The molecule has 1 aromatic carbocycles. The Morgan fingerprint density at radius 2 is 2.06 bits per heavy atom. The Morgan fingerprint density at radius 1 is 1.38 bits per heavy atom. The van der Waals surface area contributed by atoms with Gasteiger partial charge in [0.1, 0.15) is 5.82 Å². The number of halogens is 2. The van der Waals surface area contributed by atoms with Gasteiger partial charge in [-0.2, -0.15) is 0 Å². The third-order valence-electron chi connectivity index (χ3n) is 2.68. The minimum atomic E-state index is -0.733. The van der Waals surface area contributed by atoms with Crippen LogP contribution in [0.3, 0.4) is 0 Å². The predicted molar refractivity (Wildman–Crippen MR) is 66.0 cm³/mol. The first-order chi connectivity index (χ1) is 7.70. The number of benzene rings is 1. The molecular formula is C11H13ClFNOS. The van der Waals surface area contributed by atoms with Crippen LogP contribution >= 0.6 is 11.6 Å². The molecule has 0 unspecified atom stereocenters. The van der Waals surface area contributed by atoms with Crippen molar-refractivity contribution < 1.29 is 8.60 Å². The van der Waals surface area contributed by atoms with Gasteiger partial charge in [-0.1, -0.05) is 6.07 Å². The van der Waals surface area contributed by atoms with Gasteiger partial charge in [0.25, 0.3) is 0 Å². The second-order valence-electron chi connectivity index (χ2n) is 3.75. The first kappa shape index (κ1) is 11.9. The van der Waals surface area contributed by atoms with E-state index in [2.05, 4.69) is 0 Å². The van der Waals surface area contributed by atoms with Crippen molar-refractivity contribution in [2.24, 2.45) is 0 Å². The van der Waals surface area contributed by atoms with E-state index >= 15 is 0 Å². The molecule has 1 aromatic rings. The van der Waals surface area contributed by atoms with Gasteiger partial charge in [-0.3, -0.25) is 4.21 Å². The van der Waals surface area contributed by atoms with Crippen molar-refractivity contribution in [3.63, 3.8) is 0 Å². The Morgan fingerprint density at radius 3 is 2.62 bits per heavy atom. The fourth-order valence-electron chi connectivity index (χ4n) is 1.77. The fraction of sp³-hybridized carbons (Fsp3) is 0.455. The van der Waals surface area contributed by atoms with Crippen LogP contribution < -0.4 is 4.90 Å². The first-order valence-corrected chi connectivity index (χ1v) is 7.17. The summed E-state index contributed by atoms with van der Waals surface area (Å²) in [6.45, 7) is 1.31. The minimum absolute atomic E-state index is 0.245. The molecule has 2 rings (SSSR count). The Balaban J connectivity index is 2.17. The first-order valence-electron chi connectivity index (χ1n) is 5.15. The zero-order valence-electron chi connectivity index (χ0n) is 8.79. The van der Waals surface area contributed by atoms with E-state index in [1.165, 1.54) is 6.07 Å². The van der Waals surface area contributed by atoms with Gasteiger partial charge in [-0.05, 0) is 17.7 Å². The number of hydrogen-bond donors (Lipinski definition) is 0. The Bertz CT molecular complexity index is 403. The van der Waals surface area contributed by atoms with Crippen LogP contribution in [0.5, 0.6) is 0 Å². The molecule has 2 nitrogen and oxygen atoms in total. The molecule has 0 atom stereocenters. The lowest BCUT2D eigenvalue weighted by molar-refractivity contribution is 0.616. The number of hydrogen-bond acceptors (Lipinski definition) is 2. The third-order valence-corrected chi connectivity index (χ3v) is 4.27. The molecule has 0 amide bonds. The van der Waals surface area contributed by atoms with Crippen molar-refractivity contribution in [1.82, 2.24) is 0 Å². The molecule has 16 heavy (non-hydrogen) atoms. The zero-order valence-corrected chi connectivity index (χ0v) is 10.4. The molecule has 5 heteroatoms. The highest BCUT2D eigenvalue weighted by molar-refractivity contribution is 7.85. The van der Waals surface area contributed by atoms with E-state index in [0.717, 1.165) is 5.56 Å². The Kier molecular flexibility index (Phi) is 3.82. The van der Waals surface area contributed by atoms with E-state index in [-0.39, 0.29) is 5.82 Å². The van der Waals surface area contributed by atoms with Crippen LogP contribution in [-0.2, 0) is 16.7 Å². The highest BCUT2D eigenvalue weighted by Gasteiger charge is 2.18. The van der Waals surface area contributed by atoms with Gasteiger partial charge in [0.05, 0.1) is 5.69 Å². The average molecular weight is 262 g/mol. The summed E-state index contributed by atoms with van der Waals surface area (Å²) in [5.74, 6) is 1.32. The molecule has 1 heterocycles. The number of anilines is 1. The summed E-state index contributed by atoms with van der Waals surface area (Å²) in [5, 5.41) is 0. The van der Waals surface area contributed by atoms with Gasteiger partial charge >= 0.3 is 0 Å². The summed E-state index contributed by atoms with van der Waals surface area (Å²) in [5.41, 5.74) is 1.37. The van der Waals surface area contributed by atoms with Crippen LogP contribution in [0.25, 0.3) is 0 Å². The molecule has 1 aliphatic heterocycles. The van der Waals surface area contributed by atoms with Gasteiger partial charge in [-0.25, -0.2) is 4.39 Å². The van der Waals surface area contributed by atoms with Gasteiger partial charge in [0, 0.05) is 41.3 Å². The summed E-state index contributed by atoms with van der Waals surface area (Å²) in [7, 11) is -0.733. The van der Waals surface area contributed by atoms with Gasteiger partial charge in [0.15, 0.2) is 0 Å². The number of nitrogens with zero attached hydrogens (tertiary/aromatic N) is 1. The highest BCUT2D eigenvalue weighted by atomic mass is 35.5. The maximum atomic E-state index is 13.7. The zero-order chi connectivity index (χ0) is 11.5. The van der Waals surface area contributed by atoms with Crippen molar-refractivity contribution >= 4 is 28.1 Å². The average Bonchev–Trinajstić information content (AvgIpc) is 2.30. The summed E-state index contributed by atoms with van der Waals surface area (Å²) in [6, 6.07) is 5.05. The van der Waals surface area contributed by atoms with Crippen molar-refractivity contribution in [2.75, 3.05) is 29.5 Å². The summed E-state index contributed by atoms with van der Waals surface area (Å²) in [4.78, 5) is 1.94. The van der Waals surface area contributed by atoms with Crippen LogP contribution in [0.4, 0.5) is 10.1 Å². The lowest BCUT2D eigenvalue weighted by Gasteiger charge is -2.28. The lowest BCUT2D eigenvalue weighted by Crippen LogP contribution is -2.38. The summed E-state index contributed by atoms with van der Waals surface area (Å²) in [6.07, 6.45) is 0. The molecule has 88 valence electrons. The fourth-order valence-corrected chi connectivity index (χ4v) is 2.99. The van der Waals surface area contributed by atoms with Gasteiger partial charge in [-0.15, -0.1) is 11.6 Å². The van der Waals surface area contributed by atoms with E-state index < -0.39 is 10.8 Å². The minimum Gasteiger partial charge on any atom is -0.367 e. The highest BCUT2D eigenvalue weighted by Crippen LogP contribution is 2.22. The predicted octanol–water partition coefficient (Wildman–Crippen LogP) is 2.13. The molecular weight excluding hydrogens is 249 g/mol. The molecule has 1 fully saturated rings. The summed E-state index contributed by atoms with van der Waals surface area (Å²) >= 11 is 5.64. The van der Waals surface area contributed by atoms with Crippen molar-refractivity contribution in [2.45, 2.75) is 5.88 Å².